The number of amides is 2. The van der Waals surface area contributed by atoms with Crippen LogP contribution in [0.1, 0.15) is 41.8 Å². The summed E-state index contributed by atoms with van der Waals surface area (Å²) >= 11 is 0. The Morgan fingerprint density at radius 1 is 0.865 bits per heavy atom. The number of nitrogens with zero attached hydrogens (tertiary/aromatic N) is 1. The highest BCUT2D eigenvalue weighted by Gasteiger charge is 2.15. The first-order valence-electron chi connectivity index (χ1n) is 11.8. The van der Waals surface area contributed by atoms with Gasteiger partial charge in [-0.05, 0) is 80.4 Å². The molecule has 0 aliphatic heterocycles. The molecule has 0 unspecified atom stereocenters. The van der Waals surface area contributed by atoms with E-state index in [0.717, 1.165) is 12.0 Å². The molecule has 0 aliphatic carbocycles. The van der Waals surface area contributed by atoms with Crippen LogP contribution in [-0.2, 0) is 9.59 Å². The van der Waals surface area contributed by atoms with E-state index in [2.05, 4.69) is 15.8 Å². The Balaban J connectivity index is 1.60. The summed E-state index contributed by atoms with van der Waals surface area (Å²) < 4.78 is 16.7. The van der Waals surface area contributed by atoms with Gasteiger partial charge in [-0.25, -0.2) is 10.2 Å². The molecule has 0 heterocycles. The minimum atomic E-state index is -0.918. The van der Waals surface area contributed by atoms with Gasteiger partial charge in [-0.15, -0.1) is 0 Å². The summed E-state index contributed by atoms with van der Waals surface area (Å²) in [4.78, 5) is 36.7. The van der Waals surface area contributed by atoms with Crippen molar-refractivity contribution in [1.82, 2.24) is 5.43 Å². The molecule has 0 bridgehead atoms. The van der Waals surface area contributed by atoms with E-state index >= 15 is 0 Å². The molecule has 3 aromatic rings. The third kappa shape index (κ3) is 8.21. The highest BCUT2D eigenvalue weighted by Crippen LogP contribution is 2.29. The van der Waals surface area contributed by atoms with Gasteiger partial charge in [-0.3, -0.25) is 9.59 Å². The first-order chi connectivity index (χ1) is 17.9. The van der Waals surface area contributed by atoms with Crippen LogP contribution in [0, 0.1) is 6.92 Å². The van der Waals surface area contributed by atoms with E-state index in [-0.39, 0.29) is 5.75 Å². The van der Waals surface area contributed by atoms with Crippen LogP contribution in [0.3, 0.4) is 0 Å². The molecule has 3 aromatic carbocycles. The third-order valence-electron chi connectivity index (χ3n) is 4.93. The summed E-state index contributed by atoms with van der Waals surface area (Å²) in [6.07, 6.45) is 2.24. The summed E-state index contributed by atoms with van der Waals surface area (Å²) in [5, 5.41) is 6.32. The van der Waals surface area contributed by atoms with Crippen LogP contribution >= 0.6 is 0 Å². The highest BCUT2D eigenvalue weighted by molar-refractivity contribution is 6.39. The van der Waals surface area contributed by atoms with Crippen molar-refractivity contribution < 1.29 is 28.6 Å². The van der Waals surface area contributed by atoms with Crippen LogP contribution in [-0.4, -0.2) is 37.2 Å². The summed E-state index contributed by atoms with van der Waals surface area (Å²) in [5.74, 6) is -1.07. The monoisotopic (exact) mass is 503 g/mol. The minimum Gasteiger partial charge on any atom is -0.494 e. The van der Waals surface area contributed by atoms with Gasteiger partial charge in [0.1, 0.15) is 5.75 Å². The fraction of sp³-hybridized carbons (Fsp3) is 0.214. The number of rotatable bonds is 10. The van der Waals surface area contributed by atoms with Gasteiger partial charge < -0.3 is 19.5 Å². The SMILES string of the molecule is CCCOc1ccc(C(=O)Oc2ccc(C=NNC(=O)C(=O)Nc3ccc(C)cc3)cc2OCC)cc1. The average molecular weight is 504 g/mol. The zero-order valence-corrected chi connectivity index (χ0v) is 20.9. The molecule has 0 aliphatic rings. The normalized spacial score (nSPS) is 10.6. The van der Waals surface area contributed by atoms with Crippen molar-refractivity contribution in [3.63, 3.8) is 0 Å². The van der Waals surface area contributed by atoms with Gasteiger partial charge in [0.25, 0.3) is 0 Å². The van der Waals surface area contributed by atoms with Crippen LogP contribution in [0.2, 0.25) is 0 Å². The predicted octanol–water partition coefficient (Wildman–Crippen LogP) is 4.49. The number of hydrogen-bond acceptors (Lipinski definition) is 7. The lowest BCUT2D eigenvalue weighted by molar-refractivity contribution is -0.136. The van der Waals surface area contributed by atoms with E-state index < -0.39 is 17.8 Å². The molecule has 2 amide bonds. The molecule has 0 spiro atoms. The fourth-order valence-electron chi connectivity index (χ4n) is 3.06. The third-order valence-corrected chi connectivity index (χ3v) is 4.93. The van der Waals surface area contributed by atoms with Crippen molar-refractivity contribution in [1.29, 1.82) is 0 Å². The van der Waals surface area contributed by atoms with Gasteiger partial charge >= 0.3 is 17.8 Å². The number of ether oxygens (including phenoxy) is 3. The Bertz CT molecular complexity index is 1250. The van der Waals surface area contributed by atoms with Gasteiger partial charge in [0.05, 0.1) is 25.0 Å². The number of hydrazone groups is 1. The maximum Gasteiger partial charge on any atom is 0.343 e. The number of anilines is 1. The number of carbonyl (C=O) groups is 3. The smallest absolute Gasteiger partial charge is 0.343 e. The summed E-state index contributed by atoms with van der Waals surface area (Å²) in [6.45, 7) is 6.67. The lowest BCUT2D eigenvalue weighted by atomic mass is 10.2. The van der Waals surface area contributed by atoms with Gasteiger partial charge in [0.2, 0.25) is 0 Å². The lowest BCUT2D eigenvalue weighted by Crippen LogP contribution is -2.32. The van der Waals surface area contributed by atoms with Crippen molar-refractivity contribution in [3.05, 3.63) is 83.4 Å². The van der Waals surface area contributed by atoms with E-state index in [9.17, 15) is 14.4 Å². The predicted molar refractivity (Wildman–Crippen MR) is 140 cm³/mol. The molecule has 0 radical (unpaired) electrons. The molecule has 9 heteroatoms. The van der Waals surface area contributed by atoms with Gasteiger partial charge in [-0.2, -0.15) is 5.10 Å². The zero-order chi connectivity index (χ0) is 26.6. The summed E-state index contributed by atoms with van der Waals surface area (Å²) in [7, 11) is 0. The quantitative estimate of drug-likeness (QED) is 0.138. The first-order valence-corrected chi connectivity index (χ1v) is 11.8. The number of benzene rings is 3. The molecule has 2 N–H and O–H groups in total. The van der Waals surface area contributed by atoms with Crippen LogP contribution in [0.4, 0.5) is 5.69 Å². The maximum absolute atomic E-state index is 12.6. The van der Waals surface area contributed by atoms with Gasteiger partial charge in [0.15, 0.2) is 11.5 Å². The molecule has 9 nitrogen and oxygen atoms in total. The van der Waals surface area contributed by atoms with Gasteiger partial charge in [0, 0.05) is 5.69 Å². The van der Waals surface area contributed by atoms with E-state index in [1.54, 1.807) is 61.5 Å². The Kier molecular flexibility index (Phi) is 9.78. The zero-order valence-electron chi connectivity index (χ0n) is 20.9. The minimum absolute atomic E-state index is 0.233. The van der Waals surface area contributed by atoms with Crippen molar-refractivity contribution in [2.75, 3.05) is 18.5 Å². The number of hydrogen-bond donors (Lipinski definition) is 2. The van der Waals surface area contributed by atoms with E-state index in [0.29, 0.717) is 41.5 Å². The molecule has 37 heavy (non-hydrogen) atoms. The Labute approximate surface area is 215 Å². The molecule has 0 saturated heterocycles. The van der Waals surface area contributed by atoms with Crippen LogP contribution in [0.25, 0.3) is 0 Å². The van der Waals surface area contributed by atoms with Crippen LogP contribution < -0.4 is 25.0 Å². The molecular formula is C28H29N3O6. The standard InChI is InChI=1S/C28H29N3O6/c1-4-16-36-23-13-9-21(10-14-23)28(34)37-24-15-8-20(17-25(24)35-5-2)18-29-31-27(33)26(32)30-22-11-6-19(3)7-12-22/h6-15,17-18H,4-5,16H2,1-3H3,(H,30,32)(H,31,33). The number of nitrogens with one attached hydrogen (secondary N) is 2. The van der Waals surface area contributed by atoms with Gasteiger partial charge in [-0.1, -0.05) is 24.6 Å². The number of aryl methyl sites for hydroxylation is 1. The van der Waals surface area contributed by atoms with E-state index in [1.165, 1.54) is 6.21 Å². The molecule has 0 atom stereocenters. The van der Waals surface area contributed by atoms with E-state index in [4.69, 9.17) is 14.2 Å². The van der Waals surface area contributed by atoms with Crippen molar-refractivity contribution in [3.8, 4) is 17.2 Å². The summed E-state index contributed by atoms with van der Waals surface area (Å²) in [6, 6.07) is 18.5. The van der Waals surface area contributed by atoms with E-state index in [1.807, 2.05) is 26.0 Å². The Hall–Kier alpha value is -4.66. The molecule has 0 aromatic heterocycles. The first kappa shape index (κ1) is 26.9. The lowest BCUT2D eigenvalue weighted by Gasteiger charge is -2.12. The molecule has 0 saturated carbocycles. The van der Waals surface area contributed by atoms with Crippen molar-refractivity contribution in [2.45, 2.75) is 27.2 Å². The van der Waals surface area contributed by atoms with Crippen LogP contribution in [0.5, 0.6) is 17.2 Å². The topological polar surface area (TPSA) is 115 Å². The summed E-state index contributed by atoms with van der Waals surface area (Å²) in [5.41, 5.74) is 4.64. The Morgan fingerprint density at radius 2 is 1.59 bits per heavy atom. The second kappa shape index (κ2) is 13.4. The molecule has 3 rings (SSSR count). The van der Waals surface area contributed by atoms with Crippen LogP contribution in [0.15, 0.2) is 71.8 Å². The molecule has 0 fully saturated rings. The second-order valence-corrected chi connectivity index (χ2v) is 7.92. The number of carbonyl (C=O) groups excluding carboxylic acids is 3. The molecule has 192 valence electrons. The fourth-order valence-corrected chi connectivity index (χ4v) is 3.06. The van der Waals surface area contributed by atoms with Crippen molar-refractivity contribution >= 4 is 29.7 Å². The second-order valence-electron chi connectivity index (χ2n) is 7.92. The Morgan fingerprint density at radius 3 is 2.27 bits per heavy atom. The van der Waals surface area contributed by atoms with Crippen molar-refractivity contribution in [2.24, 2.45) is 5.10 Å². The average Bonchev–Trinajstić information content (AvgIpc) is 2.90. The number of esters is 1. The maximum atomic E-state index is 12.6. The largest absolute Gasteiger partial charge is 0.494 e. The highest BCUT2D eigenvalue weighted by atomic mass is 16.6. The molecular weight excluding hydrogens is 474 g/mol.